The van der Waals surface area contributed by atoms with Crippen molar-refractivity contribution in [3.8, 4) is 11.5 Å². The maximum atomic E-state index is 12.1. The van der Waals surface area contributed by atoms with Crippen LogP contribution in [0.2, 0.25) is 0 Å². The van der Waals surface area contributed by atoms with Crippen LogP contribution in [0.1, 0.15) is 47.1 Å². The third-order valence-electron chi connectivity index (χ3n) is 3.96. The van der Waals surface area contributed by atoms with Crippen molar-refractivity contribution in [1.29, 1.82) is 0 Å². The van der Waals surface area contributed by atoms with Gasteiger partial charge in [0, 0.05) is 6.92 Å². The van der Waals surface area contributed by atoms with Crippen LogP contribution in [0.5, 0.6) is 11.5 Å². The molecule has 0 aliphatic rings. The summed E-state index contributed by atoms with van der Waals surface area (Å²) in [5.41, 5.74) is 6.50. The second kappa shape index (κ2) is 12.0. The number of ether oxygens (including phenoxy) is 4. The lowest BCUT2D eigenvalue weighted by Gasteiger charge is -2.17. The lowest BCUT2D eigenvalue weighted by Crippen LogP contribution is -2.36. The van der Waals surface area contributed by atoms with Crippen LogP contribution in [0.15, 0.2) is 18.2 Å². The van der Waals surface area contributed by atoms with Crippen LogP contribution in [-0.2, 0) is 35.1 Å². The number of carbonyl (C=O) groups excluding carboxylic acids is 4. The monoisotopic (exact) mass is 437 g/mol. The van der Waals surface area contributed by atoms with Gasteiger partial charge in [-0.2, -0.15) is 0 Å². The molecule has 0 heterocycles. The van der Waals surface area contributed by atoms with Gasteiger partial charge in [0.05, 0.1) is 11.8 Å². The van der Waals surface area contributed by atoms with Gasteiger partial charge in [-0.3, -0.25) is 19.2 Å². The van der Waals surface area contributed by atoms with Crippen molar-refractivity contribution < 1.29 is 38.1 Å². The van der Waals surface area contributed by atoms with Crippen molar-refractivity contribution in [2.45, 2.75) is 60.1 Å². The first kappa shape index (κ1) is 26.1. The molecule has 9 heteroatoms. The lowest BCUT2D eigenvalue weighted by molar-refractivity contribution is -0.157. The molecule has 0 saturated carbocycles. The van der Waals surface area contributed by atoms with Gasteiger partial charge in [0.1, 0.15) is 18.8 Å². The van der Waals surface area contributed by atoms with Crippen LogP contribution in [0, 0.1) is 11.8 Å². The third-order valence-corrected chi connectivity index (χ3v) is 3.96. The Morgan fingerprint density at radius 1 is 0.871 bits per heavy atom. The number of carbonyl (C=O) groups is 4. The van der Waals surface area contributed by atoms with Gasteiger partial charge in [0.15, 0.2) is 11.5 Å². The molecule has 0 amide bonds. The highest BCUT2D eigenvalue weighted by Gasteiger charge is 2.21. The lowest BCUT2D eigenvalue weighted by atomic mass is 10.1. The summed E-state index contributed by atoms with van der Waals surface area (Å²) in [5, 5.41) is 0. The highest BCUT2D eigenvalue weighted by molar-refractivity contribution is 5.78. The summed E-state index contributed by atoms with van der Waals surface area (Å²) in [7, 11) is 0. The fourth-order valence-corrected chi connectivity index (χ4v) is 2.26. The summed E-state index contributed by atoms with van der Waals surface area (Å²) in [6.45, 7) is 9.45. The van der Waals surface area contributed by atoms with E-state index in [-0.39, 0.29) is 30.4 Å². The average molecular weight is 437 g/mol. The van der Waals surface area contributed by atoms with Crippen molar-refractivity contribution in [1.82, 2.24) is 0 Å². The second-order valence-electron chi connectivity index (χ2n) is 7.79. The minimum absolute atomic E-state index is 0.0641. The Balaban J connectivity index is 2.91. The largest absolute Gasteiger partial charge is 0.461 e. The first-order valence-electron chi connectivity index (χ1n) is 10.1. The van der Waals surface area contributed by atoms with E-state index in [1.165, 1.54) is 19.1 Å². The molecule has 172 valence electrons. The molecule has 9 nitrogen and oxygen atoms in total. The van der Waals surface area contributed by atoms with Gasteiger partial charge < -0.3 is 24.7 Å². The van der Waals surface area contributed by atoms with E-state index in [4.69, 9.17) is 24.7 Å². The number of benzene rings is 1. The zero-order valence-electron chi connectivity index (χ0n) is 18.8. The average Bonchev–Trinajstić information content (AvgIpc) is 2.67. The summed E-state index contributed by atoms with van der Waals surface area (Å²) in [4.78, 5) is 47.0. The van der Waals surface area contributed by atoms with E-state index in [0.29, 0.717) is 5.56 Å². The summed E-state index contributed by atoms with van der Waals surface area (Å²) in [6.07, 6.45) is -0.503. The molecule has 0 unspecified atom stereocenters. The van der Waals surface area contributed by atoms with Crippen LogP contribution < -0.4 is 15.2 Å². The number of esters is 4. The maximum absolute atomic E-state index is 12.1. The smallest absolute Gasteiger partial charge is 0.323 e. The first-order valence-corrected chi connectivity index (χ1v) is 10.1. The number of hydrogen-bond acceptors (Lipinski definition) is 9. The van der Waals surface area contributed by atoms with Crippen LogP contribution in [0.25, 0.3) is 0 Å². The van der Waals surface area contributed by atoms with Crippen molar-refractivity contribution in [2.24, 2.45) is 17.6 Å². The predicted molar refractivity (Wildman–Crippen MR) is 111 cm³/mol. The molecule has 31 heavy (non-hydrogen) atoms. The van der Waals surface area contributed by atoms with E-state index in [9.17, 15) is 19.2 Å². The summed E-state index contributed by atoms with van der Waals surface area (Å²) in [6, 6.07) is 3.60. The first-order chi connectivity index (χ1) is 14.4. The highest BCUT2D eigenvalue weighted by atomic mass is 16.6. The molecule has 0 aliphatic carbocycles. The minimum atomic E-state index is -0.998. The van der Waals surface area contributed by atoms with E-state index in [1.807, 2.05) is 0 Å². The normalized spacial score (nSPS) is 12.8. The molecule has 1 aromatic carbocycles. The second-order valence-corrected chi connectivity index (χ2v) is 7.79. The number of rotatable bonds is 10. The van der Waals surface area contributed by atoms with Crippen LogP contribution in [0.4, 0.5) is 0 Å². The Bertz CT molecular complexity index is 803. The molecule has 1 rings (SSSR count). The van der Waals surface area contributed by atoms with Crippen molar-refractivity contribution in [3.63, 3.8) is 0 Å². The van der Waals surface area contributed by atoms with Crippen LogP contribution >= 0.6 is 0 Å². The Labute approximate surface area is 182 Å². The van der Waals surface area contributed by atoms with Crippen LogP contribution in [-0.4, -0.2) is 42.6 Å². The predicted octanol–water partition coefficient (Wildman–Crippen LogP) is 2.17. The van der Waals surface area contributed by atoms with E-state index in [1.54, 1.807) is 40.7 Å². The van der Waals surface area contributed by atoms with E-state index in [2.05, 4.69) is 0 Å². The van der Waals surface area contributed by atoms with Gasteiger partial charge in [-0.05, 0) is 31.0 Å². The van der Waals surface area contributed by atoms with Crippen molar-refractivity contribution in [2.75, 3.05) is 6.61 Å². The van der Waals surface area contributed by atoms with Gasteiger partial charge in [-0.1, -0.05) is 33.8 Å². The molecule has 0 saturated heterocycles. The Hall–Kier alpha value is -2.94. The van der Waals surface area contributed by atoms with E-state index >= 15 is 0 Å². The van der Waals surface area contributed by atoms with E-state index < -0.39 is 41.9 Å². The maximum Gasteiger partial charge on any atom is 0.323 e. The standard InChI is InChI=1S/C22H31NO8/c1-12(2)20(25)30-18-8-7-16(10-19(18)31-21(26)13(3)4)9-17(23)22(27)28-11-14(5)29-15(6)24/h7-8,10,12-14,17H,9,11,23H2,1-6H3/t14-,17-/m0/s1. The SMILES string of the molecule is CC(=O)O[C@@H](C)COC(=O)[C@@H](N)Cc1ccc(OC(=O)C(C)C)c(OC(=O)C(C)C)c1. The van der Waals surface area contributed by atoms with Gasteiger partial charge in [0.25, 0.3) is 0 Å². The fraction of sp³-hybridized carbons (Fsp3) is 0.545. The zero-order chi connectivity index (χ0) is 23.7. The van der Waals surface area contributed by atoms with Gasteiger partial charge in [-0.15, -0.1) is 0 Å². The summed E-state index contributed by atoms with van der Waals surface area (Å²) >= 11 is 0. The Morgan fingerprint density at radius 3 is 1.94 bits per heavy atom. The van der Waals surface area contributed by atoms with Gasteiger partial charge in [-0.25, -0.2) is 0 Å². The summed E-state index contributed by atoms with van der Waals surface area (Å²) < 4.78 is 20.6. The third kappa shape index (κ3) is 9.17. The number of hydrogen-bond donors (Lipinski definition) is 1. The molecular formula is C22H31NO8. The van der Waals surface area contributed by atoms with Crippen LogP contribution in [0.3, 0.4) is 0 Å². The molecule has 0 aliphatic heterocycles. The topological polar surface area (TPSA) is 131 Å². The molecule has 0 radical (unpaired) electrons. The molecule has 0 spiro atoms. The Morgan fingerprint density at radius 2 is 1.42 bits per heavy atom. The summed E-state index contributed by atoms with van der Waals surface area (Å²) in [5.74, 6) is -2.72. The van der Waals surface area contributed by atoms with Gasteiger partial charge >= 0.3 is 23.9 Å². The molecule has 0 bridgehead atoms. The quantitative estimate of drug-likeness (QED) is 0.432. The fourth-order valence-electron chi connectivity index (χ4n) is 2.26. The van der Waals surface area contributed by atoms with Crippen molar-refractivity contribution in [3.05, 3.63) is 23.8 Å². The van der Waals surface area contributed by atoms with E-state index in [0.717, 1.165) is 0 Å². The molecule has 2 N–H and O–H groups in total. The molecular weight excluding hydrogens is 406 g/mol. The molecule has 2 atom stereocenters. The number of nitrogens with two attached hydrogens (primary N) is 1. The molecule has 1 aromatic rings. The zero-order valence-corrected chi connectivity index (χ0v) is 18.8. The molecule has 0 fully saturated rings. The van der Waals surface area contributed by atoms with Crippen molar-refractivity contribution >= 4 is 23.9 Å². The van der Waals surface area contributed by atoms with Gasteiger partial charge in [0.2, 0.25) is 0 Å². The highest BCUT2D eigenvalue weighted by Crippen LogP contribution is 2.30. The molecule has 0 aromatic heterocycles. The Kier molecular flexibility index (Phi) is 10.1. The minimum Gasteiger partial charge on any atom is -0.461 e.